The van der Waals surface area contributed by atoms with Gasteiger partial charge in [0.25, 0.3) is 0 Å². The van der Waals surface area contributed by atoms with Crippen LogP contribution in [0.25, 0.3) is 0 Å². The van der Waals surface area contributed by atoms with Gasteiger partial charge in [-0.15, -0.1) is 0 Å². The normalized spacial score (nSPS) is 19.4. The number of aliphatic hydroxyl groups is 1. The first-order chi connectivity index (χ1) is 9.04. The van der Waals surface area contributed by atoms with Gasteiger partial charge in [0.2, 0.25) is 0 Å². The molecule has 0 aromatic heterocycles. The monoisotopic (exact) mass is 260 g/mol. The van der Waals surface area contributed by atoms with Crippen molar-refractivity contribution in [1.82, 2.24) is 0 Å². The molecule has 1 atom stereocenters. The van der Waals surface area contributed by atoms with E-state index in [2.05, 4.69) is 45.0 Å². The summed E-state index contributed by atoms with van der Waals surface area (Å²) < 4.78 is 0. The van der Waals surface area contributed by atoms with Gasteiger partial charge in [-0.2, -0.15) is 0 Å². The lowest BCUT2D eigenvalue weighted by Gasteiger charge is -2.30. The van der Waals surface area contributed by atoms with Crippen molar-refractivity contribution in [3.05, 3.63) is 35.4 Å². The average molecular weight is 260 g/mol. The van der Waals surface area contributed by atoms with Crippen LogP contribution in [0.2, 0.25) is 0 Å². The van der Waals surface area contributed by atoms with Gasteiger partial charge in [0.05, 0.1) is 6.10 Å². The lowest BCUT2D eigenvalue weighted by Crippen LogP contribution is -2.21. The molecule has 1 unspecified atom stereocenters. The van der Waals surface area contributed by atoms with Crippen molar-refractivity contribution in [2.75, 3.05) is 0 Å². The molecule has 0 heterocycles. The molecule has 1 aromatic rings. The van der Waals surface area contributed by atoms with Crippen LogP contribution >= 0.6 is 0 Å². The second kappa shape index (κ2) is 6.09. The predicted molar refractivity (Wildman–Crippen MR) is 81.3 cm³/mol. The third-order valence-electron chi connectivity index (χ3n) is 4.98. The number of hydrogen-bond acceptors (Lipinski definition) is 1. The fourth-order valence-corrected chi connectivity index (χ4v) is 3.03. The van der Waals surface area contributed by atoms with Crippen molar-refractivity contribution in [2.24, 2.45) is 5.41 Å². The summed E-state index contributed by atoms with van der Waals surface area (Å²) in [7, 11) is 0. The van der Waals surface area contributed by atoms with Gasteiger partial charge in [0, 0.05) is 0 Å². The van der Waals surface area contributed by atoms with Crippen molar-refractivity contribution in [3.8, 4) is 0 Å². The number of aliphatic hydroxyl groups excluding tert-OH is 1. The van der Waals surface area contributed by atoms with Gasteiger partial charge in [-0.3, -0.25) is 0 Å². The SMILES string of the molecule is CCC(C)(C)C(O)c1ccc(C2CCCCC2)cc1. The molecule has 0 amide bonds. The van der Waals surface area contributed by atoms with Crippen LogP contribution in [-0.4, -0.2) is 5.11 Å². The molecule has 1 saturated carbocycles. The summed E-state index contributed by atoms with van der Waals surface area (Å²) in [6.45, 7) is 6.40. The molecule has 19 heavy (non-hydrogen) atoms. The van der Waals surface area contributed by atoms with Crippen LogP contribution in [0.5, 0.6) is 0 Å². The van der Waals surface area contributed by atoms with Crippen molar-refractivity contribution >= 4 is 0 Å². The molecule has 106 valence electrons. The second-order valence-electron chi connectivity index (χ2n) is 6.75. The van der Waals surface area contributed by atoms with E-state index in [-0.39, 0.29) is 11.5 Å². The van der Waals surface area contributed by atoms with E-state index in [0.717, 1.165) is 17.9 Å². The molecule has 0 aliphatic heterocycles. The maximum Gasteiger partial charge on any atom is 0.0840 e. The average Bonchev–Trinajstić information content (AvgIpc) is 2.47. The predicted octanol–water partition coefficient (Wildman–Crippen LogP) is 5.20. The minimum Gasteiger partial charge on any atom is -0.388 e. The molecule has 0 spiro atoms. The fraction of sp³-hybridized carbons (Fsp3) is 0.667. The molecule has 1 heteroatoms. The molecule has 0 radical (unpaired) electrons. The maximum atomic E-state index is 10.4. The molecule has 0 bridgehead atoms. The molecular weight excluding hydrogens is 232 g/mol. The highest BCUT2D eigenvalue weighted by Gasteiger charge is 2.27. The Labute approximate surface area is 118 Å². The molecule has 1 aliphatic carbocycles. The second-order valence-corrected chi connectivity index (χ2v) is 6.75. The third kappa shape index (κ3) is 3.39. The summed E-state index contributed by atoms with van der Waals surface area (Å²) in [5.41, 5.74) is 2.48. The zero-order valence-electron chi connectivity index (χ0n) is 12.7. The smallest absolute Gasteiger partial charge is 0.0840 e. The lowest BCUT2D eigenvalue weighted by molar-refractivity contribution is 0.0465. The molecule has 1 N–H and O–H groups in total. The highest BCUT2D eigenvalue weighted by Crippen LogP contribution is 2.37. The van der Waals surface area contributed by atoms with Crippen LogP contribution in [0.4, 0.5) is 0 Å². The van der Waals surface area contributed by atoms with Gasteiger partial charge >= 0.3 is 0 Å². The van der Waals surface area contributed by atoms with Crippen LogP contribution in [0.3, 0.4) is 0 Å². The minimum atomic E-state index is -0.363. The first-order valence-electron chi connectivity index (χ1n) is 7.82. The van der Waals surface area contributed by atoms with Gasteiger partial charge in [-0.05, 0) is 41.7 Å². The largest absolute Gasteiger partial charge is 0.388 e. The van der Waals surface area contributed by atoms with Crippen LogP contribution in [0.1, 0.15) is 82.4 Å². The van der Waals surface area contributed by atoms with E-state index in [1.54, 1.807) is 0 Å². The first-order valence-corrected chi connectivity index (χ1v) is 7.82. The minimum absolute atomic E-state index is 0.0493. The van der Waals surface area contributed by atoms with E-state index in [4.69, 9.17) is 0 Å². The molecule has 0 saturated heterocycles. The Hall–Kier alpha value is -0.820. The Kier molecular flexibility index (Phi) is 4.67. The summed E-state index contributed by atoms with van der Waals surface area (Å²) >= 11 is 0. The van der Waals surface area contributed by atoms with Crippen molar-refractivity contribution in [2.45, 2.75) is 71.3 Å². The zero-order valence-corrected chi connectivity index (χ0v) is 12.7. The Bertz CT molecular complexity index is 385. The van der Waals surface area contributed by atoms with Gasteiger partial charge in [-0.1, -0.05) is 64.3 Å². The first kappa shape index (κ1) is 14.6. The lowest BCUT2D eigenvalue weighted by atomic mass is 9.79. The Morgan fingerprint density at radius 3 is 2.21 bits per heavy atom. The maximum absolute atomic E-state index is 10.4. The number of benzene rings is 1. The van der Waals surface area contributed by atoms with Gasteiger partial charge in [0.1, 0.15) is 0 Å². The highest BCUT2D eigenvalue weighted by molar-refractivity contribution is 5.27. The summed E-state index contributed by atoms with van der Waals surface area (Å²) in [6, 6.07) is 8.73. The highest BCUT2D eigenvalue weighted by atomic mass is 16.3. The summed E-state index contributed by atoms with van der Waals surface area (Å²) in [5.74, 6) is 0.749. The van der Waals surface area contributed by atoms with Crippen LogP contribution in [-0.2, 0) is 0 Å². The van der Waals surface area contributed by atoms with Crippen molar-refractivity contribution < 1.29 is 5.11 Å². The third-order valence-corrected chi connectivity index (χ3v) is 4.98. The molecule has 1 aliphatic rings. The van der Waals surface area contributed by atoms with E-state index >= 15 is 0 Å². The fourth-order valence-electron chi connectivity index (χ4n) is 3.03. The zero-order chi connectivity index (χ0) is 13.9. The van der Waals surface area contributed by atoms with E-state index in [0.29, 0.717) is 0 Å². The van der Waals surface area contributed by atoms with Gasteiger partial charge < -0.3 is 5.11 Å². The topological polar surface area (TPSA) is 20.2 Å². The molecule has 2 rings (SSSR count). The summed E-state index contributed by atoms with van der Waals surface area (Å²) in [5, 5.41) is 10.4. The Morgan fingerprint density at radius 2 is 1.68 bits per heavy atom. The van der Waals surface area contributed by atoms with Crippen molar-refractivity contribution in [3.63, 3.8) is 0 Å². The standard InChI is InChI=1S/C18H28O/c1-4-18(2,3)17(19)16-12-10-15(11-13-16)14-8-6-5-7-9-14/h10-14,17,19H,4-9H2,1-3H3. The number of hydrogen-bond donors (Lipinski definition) is 1. The van der Waals surface area contributed by atoms with Crippen molar-refractivity contribution in [1.29, 1.82) is 0 Å². The molecular formula is C18H28O. The number of rotatable bonds is 4. The van der Waals surface area contributed by atoms with E-state index < -0.39 is 0 Å². The van der Waals surface area contributed by atoms with Crippen LogP contribution in [0, 0.1) is 5.41 Å². The molecule has 1 nitrogen and oxygen atoms in total. The molecule has 1 fully saturated rings. The van der Waals surface area contributed by atoms with E-state index in [9.17, 15) is 5.11 Å². The van der Waals surface area contributed by atoms with E-state index in [1.165, 1.54) is 37.7 Å². The van der Waals surface area contributed by atoms with Gasteiger partial charge in [-0.25, -0.2) is 0 Å². The van der Waals surface area contributed by atoms with Gasteiger partial charge in [0.15, 0.2) is 0 Å². The Morgan fingerprint density at radius 1 is 1.11 bits per heavy atom. The van der Waals surface area contributed by atoms with Crippen LogP contribution in [0.15, 0.2) is 24.3 Å². The van der Waals surface area contributed by atoms with Crippen LogP contribution < -0.4 is 0 Å². The summed E-state index contributed by atoms with van der Waals surface area (Å²) in [6.07, 6.45) is 7.44. The molecule has 1 aromatic carbocycles. The Balaban J connectivity index is 2.09. The van der Waals surface area contributed by atoms with E-state index in [1.807, 2.05) is 0 Å². The summed E-state index contributed by atoms with van der Waals surface area (Å²) in [4.78, 5) is 0. The quantitative estimate of drug-likeness (QED) is 0.788.